The van der Waals surface area contributed by atoms with Gasteiger partial charge in [0.2, 0.25) is 17.7 Å². The first-order valence-corrected chi connectivity index (χ1v) is 13.5. The van der Waals surface area contributed by atoms with Crippen LogP contribution in [0.4, 0.5) is 0 Å². The summed E-state index contributed by atoms with van der Waals surface area (Å²) in [5.74, 6) is -1.35. The van der Waals surface area contributed by atoms with E-state index in [1.54, 1.807) is 4.90 Å². The molecule has 3 amide bonds. The predicted octanol–water partition coefficient (Wildman–Crippen LogP) is 2.30. The smallest absolute Gasteiger partial charge is 0.303 e. The van der Waals surface area contributed by atoms with Gasteiger partial charge in [0.15, 0.2) is 0 Å². The van der Waals surface area contributed by atoms with Crippen molar-refractivity contribution >= 4 is 34.5 Å². The largest absolute Gasteiger partial charge is 0.459 e. The summed E-state index contributed by atoms with van der Waals surface area (Å²) in [6.45, 7) is 5.86. The summed E-state index contributed by atoms with van der Waals surface area (Å²) in [7, 11) is 0. The molecule has 3 unspecified atom stereocenters. The number of nitrogens with two attached hydrogens (primary N) is 1. The van der Waals surface area contributed by atoms with Gasteiger partial charge < -0.3 is 26.0 Å². The average molecular weight is 525 g/mol. The van der Waals surface area contributed by atoms with Crippen LogP contribution < -0.4 is 16.4 Å². The van der Waals surface area contributed by atoms with Gasteiger partial charge >= 0.3 is 5.97 Å². The van der Waals surface area contributed by atoms with E-state index in [9.17, 15) is 19.2 Å². The summed E-state index contributed by atoms with van der Waals surface area (Å²) in [6, 6.07) is 12.4. The van der Waals surface area contributed by atoms with Gasteiger partial charge in [0.1, 0.15) is 18.2 Å². The summed E-state index contributed by atoms with van der Waals surface area (Å²) < 4.78 is 5.13. The predicted molar refractivity (Wildman–Crippen MR) is 146 cm³/mol. The Balaban J connectivity index is 1.78. The summed E-state index contributed by atoms with van der Waals surface area (Å²) in [6.07, 6.45) is 2.33. The highest BCUT2D eigenvalue weighted by molar-refractivity contribution is 5.93. The van der Waals surface area contributed by atoms with Crippen molar-refractivity contribution in [3.05, 3.63) is 48.0 Å². The van der Waals surface area contributed by atoms with E-state index in [4.69, 9.17) is 10.5 Å². The molecule has 1 aliphatic rings. The van der Waals surface area contributed by atoms with Gasteiger partial charge in [-0.2, -0.15) is 0 Å². The number of carbonyl (C=O) groups is 4. The number of nitrogens with zero attached hydrogens (tertiary/aromatic N) is 1. The van der Waals surface area contributed by atoms with Crippen molar-refractivity contribution in [3.63, 3.8) is 0 Å². The van der Waals surface area contributed by atoms with Gasteiger partial charge in [0, 0.05) is 32.4 Å². The summed E-state index contributed by atoms with van der Waals surface area (Å²) in [5, 5.41) is 7.80. The average Bonchev–Trinajstić information content (AvgIpc) is 3.41. The molecule has 0 bridgehead atoms. The fourth-order valence-corrected chi connectivity index (χ4v) is 5.00. The van der Waals surface area contributed by atoms with Crippen molar-refractivity contribution in [2.45, 2.75) is 71.1 Å². The maximum absolute atomic E-state index is 13.4. The van der Waals surface area contributed by atoms with Crippen LogP contribution in [0.5, 0.6) is 0 Å². The molecule has 0 aliphatic carbocycles. The monoisotopic (exact) mass is 524 g/mol. The first-order valence-electron chi connectivity index (χ1n) is 13.5. The van der Waals surface area contributed by atoms with E-state index < -0.39 is 30.1 Å². The SMILES string of the molecule is CCC(CC)C(=O)N1CCCC1C(=O)NC(Cc1ccc2ccccc2c1)C(=O)NCC(CN)OC(C)=O. The minimum absolute atomic E-state index is 0.00431. The highest BCUT2D eigenvalue weighted by atomic mass is 16.5. The normalized spacial score (nSPS) is 16.8. The number of hydrogen-bond acceptors (Lipinski definition) is 6. The first-order chi connectivity index (χ1) is 18.3. The van der Waals surface area contributed by atoms with Crippen molar-refractivity contribution in [2.24, 2.45) is 11.7 Å². The fourth-order valence-electron chi connectivity index (χ4n) is 5.00. The molecule has 9 nitrogen and oxygen atoms in total. The highest BCUT2D eigenvalue weighted by Crippen LogP contribution is 2.23. The second kappa shape index (κ2) is 13.9. The van der Waals surface area contributed by atoms with Gasteiger partial charge in [-0.25, -0.2) is 0 Å². The lowest BCUT2D eigenvalue weighted by Gasteiger charge is -2.29. The van der Waals surface area contributed by atoms with Gasteiger partial charge in [-0.05, 0) is 42.0 Å². The molecule has 2 aromatic rings. The van der Waals surface area contributed by atoms with Crippen LogP contribution in [-0.2, 0) is 30.3 Å². The fraction of sp³-hybridized carbons (Fsp3) is 0.517. The minimum Gasteiger partial charge on any atom is -0.459 e. The van der Waals surface area contributed by atoms with E-state index in [1.165, 1.54) is 6.92 Å². The first kappa shape index (κ1) is 29.1. The Hall–Kier alpha value is -3.46. The number of amides is 3. The zero-order valence-corrected chi connectivity index (χ0v) is 22.6. The lowest BCUT2D eigenvalue weighted by Crippen LogP contribution is -2.55. The molecular weight excluding hydrogens is 484 g/mol. The Kier molecular flexibility index (Phi) is 10.6. The van der Waals surface area contributed by atoms with Crippen molar-refractivity contribution in [2.75, 3.05) is 19.6 Å². The number of ether oxygens (including phenoxy) is 1. The molecule has 0 aromatic heterocycles. The van der Waals surface area contributed by atoms with Gasteiger partial charge in [-0.15, -0.1) is 0 Å². The zero-order valence-electron chi connectivity index (χ0n) is 22.6. The molecule has 0 radical (unpaired) electrons. The Morgan fingerprint density at radius 2 is 1.79 bits per heavy atom. The third-order valence-corrected chi connectivity index (χ3v) is 7.16. The molecule has 1 heterocycles. The molecule has 1 fully saturated rings. The molecule has 1 aliphatic heterocycles. The lowest BCUT2D eigenvalue weighted by atomic mass is 10.00. The van der Waals surface area contributed by atoms with Crippen molar-refractivity contribution in [1.29, 1.82) is 0 Å². The summed E-state index contributed by atoms with van der Waals surface area (Å²) in [5.41, 5.74) is 6.56. The van der Waals surface area contributed by atoms with E-state index in [0.29, 0.717) is 13.0 Å². The molecule has 0 saturated carbocycles. The number of benzene rings is 2. The molecular formula is C29H40N4O5. The number of fused-ring (bicyclic) bond motifs is 1. The number of likely N-dealkylation sites (tertiary alicyclic amines) is 1. The Bertz CT molecular complexity index is 1130. The van der Waals surface area contributed by atoms with E-state index >= 15 is 0 Å². The standard InChI is InChI=1S/C29H40N4O5/c1-4-21(5-2)29(37)33-14-8-11-26(33)28(36)32-25(27(35)31-18-24(17-30)38-19(3)34)16-20-12-13-22-9-6-7-10-23(22)15-20/h6-7,9-10,12-13,15,21,24-26H,4-5,8,11,14,16-18,30H2,1-3H3,(H,31,35)(H,32,36). The molecule has 0 spiro atoms. The molecule has 206 valence electrons. The highest BCUT2D eigenvalue weighted by Gasteiger charge is 2.37. The lowest BCUT2D eigenvalue weighted by molar-refractivity contribution is -0.146. The van der Waals surface area contributed by atoms with E-state index in [2.05, 4.69) is 10.6 Å². The van der Waals surface area contributed by atoms with Crippen LogP contribution in [0.25, 0.3) is 10.8 Å². The quantitative estimate of drug-likeness (QED) is 0.365. The third kappa shape index (κ3) is 7.54. The van der Waals surface area contributed by atoms with Crippen molar-refractivity contribution in [1.82, 2.24) is 15.5 Å². The Morgan fingerprint density at radius 1 is 1.08 bits per heavy atom. The van der Waals surface area contributed by atoms with Gasteiger partial charge in [-0.3, -0.25) is 19.2 Å². The van der Waals surface area contributed by atoms with Gasteiger partial charge in [0.05, 0.1) is 6.54 Å². The molecule has 9 heteroatoms. The van der Waals surface area contributed by atoms with Crippen LogP contribution in [0.3, 0.4) is 0 Å². The number of esters is 1. The molecule has 4 N–H and O–H groups in total. The van der Waals surface area contributed by atoms with E-state index in [0.717, 1.165) is 35.6 Å². The third-order valence-electron chi connectivity index (χ3n) is 7.16. The van der Waals surface area contributed by atoms with Crippen LogP contribution in [0, 0.1) is 5.92 Å². The number of nitrogens with one attached hydrogen (secondary N) is 2. The Labute approximate surface area is 224 Å². The van der Waals surface area contributed by atoms with Crippen LogP contribution in [0.1, 0.15) is 52.0 Å². The maximum atomic E-state index is 13.4. The molecule has 3 atom stereocenters. The van der Waals surface area contributed by atoms with Gasteiger partial charge in [0.25, 0.3) is 0 Å². The summed E-state index contributed by atoms with van der Waals surface area (Å²) in [4.78, 5) is 52.8. The van der Waals surface area contributed by atoms with Crippen molar-refractivity contribution < 1.29 is 23.9 Å². The Morgan fingerprint density at radius 3 is 2.45 bits per heavy atom. The minimum atomic E-state index is -0.884. The number of hydrogen-bond donors (Lipinski definition) is 3. The molecule has 2 aromatic carbocycles. The molecule has 3 rings (SSSR count). The zero-order chi connectivity index (χ0) is 27.7. The topological polar surface area (TPSA) is 131 Å². The van der Waals surface area contributed by atoms with Gasteiger partial charge in [-0.1, -0.05) is 56.3 Å². The van der Waals surface area contributed by atoms with Crippen LogP contribution in [0.2, 0.25) is 0 Å². The second-order valence-corrected chi connectivity index (χ2v) is 9.86. The van der Waals surface area contributed by atoms with Crippen LogP contribution in [-0.4, -0.2) is 66.4 Å². The number of rotatable bonds is 12. The van der Waals surface area contributed by atoms with Crippen LogP contribution in [0.15, 0.2) is 42.5 Å². The number of carbonyl (C=O) groups excluding carboxylic acids is 4. The second-order valence-electron chi connectivity index (χ2n) is 9.86. The van der Waals surface area contributed by atoms with E-state index in [-0.39, 0.29) is 37.2 Å². The van der Waals surface area contributed by atoms with Crippen molar-refractivity contribution in [3.8, 4) is 0 Å². The van der Waals surface area contributed by atoms with Crippen LogP contribution >= 0.6 is 0 Å². The molecule has 1 saturated heterocycles. The van der Waals surface area contributed by atoms with E-state index in [1.807, 2.05) is 56.3 Å². The molecule has 38 heavy (non-hydrogen) atoms. The maximum Gasteiger partial charge on any atom is 0.303 e. The summed E-state index contributed by atoms with van der Waals surface area (Å²) >= 11 is 0.